The smallest absolute Gasteiger partial charge is 0.243 e. The van der Waals surface area contributed by atoms with Gasteiger partial charge in [-0.2, -0.15) is 0 Å². The summed E-state index contributed by atoms with van der Waals surface area (Å²) in [5.41, 5.74) is 37.9. The molecule has 0 bridgehead atoms. The highest BCUT2D eigenvalue weighted by atomic mass is 16.2. The maximum absolute atomic E-state index is 13.1. The molecule has 0 aliphatic rings. The number of hydrogen-bond acceptors (Lipinski definition) is 7. The first kappa shape index (κ1) is 33.2. The molecule has 0 rings (SSSR count). The first-order valence-corrected chi connectivity index (χ1v) is 12.3. The van der Waals surface area contributed by atoms with E-state index in [1.54, 1.807) is 0 Å². The van der Waals surface area contributed by atoms with Gasteiger partial charge in [0, 0.05) is 26.2 Å². The van der Waals surface area contributed by atoms with E-state index >= 15 is 0 Å². The molecule has 0 radical (unpaired) electrons. The van der Waals surface area contributed by atoms with Crippen molar-refractivity contribution in [3.05, 3.63) is 0 Å². The molecule has 3 unspecified atom stereocenters. The summed E-state index contributed by atoms with van der Waals surface area (Å²) in [5, 5.41) is 8.16. The molecule has 0 saturated carbocycles. The van der Waals surface area contributed by atoms with Gasteiger partial charge in [-0.15, -0.1) is 0 Å². The van der Waals surface area contributed by atoms with Crippen LogP contribution in [0.1, 0.15) is 51.9 Å². The number of hydrogen-bond donors (Lipinski definition) is 10. The lowest BCUT2D eigenvalue weighted by Crippen LogP contribution is -2.55. The Morgan fingerprint density at radius 1 is 0.649 bits per heavy atom. The van der Waals surface area contributed by atoms with Crippen molar-refractivity contribution in [1.82, 2.24) is 16.0 Å². The standard InChI is InChI=1S/C21H45N13O3/c1-2-9-29-17(36)14(7-4-11-31-20(25)26)34-18(37)15(8-5-12-32-21(27)28)33-16(35)13(22)6-3-10-30-19(23)24/h13-15H,2-12,22H2,1H3,(H,29,36)(H,33,35)(H,34,37)(H4,23,24,30)(H4,25,26,31)(H4,27,28,32). The van der Waals surface area contributed by atoms with Crippen molar-refractivity contribution in [2.45, 2.75) is 70.0 Å². The number of nitrogens with zero attached hydrogens (tertiary/aromatic N) is 3. The van der Waals surface area contributed by atoms with Crippen LogP contribution in [0.3, 0.4) is 0 Å². The predicted octanol–water partition coefficient (Wildman–Crippen LogP) is -4.03. The van der Waals surface area contributed by atoms with Crippen LogP contribution in [0.2, 0.25) is 0 Å². The Kier molecular flexibility index (Phi) is 17.4. The Balaban J connectivity index is 5.35. The summed E-state index contributed by atoms with van der Waals surface area (Å²) in [6.07, 6.45) is 2.85. The van der Waals surface area contributed by atoms with Gasteiger partial charge in [-0.3, -0.25) is 29.4 Å². The summed E-state index contributed by atoms with van der Waals surface area (Å²) >= 11 is 0. The zero-order valence-corrected chi connectivity index (χ0v) is 21.6. The van der Waals surface area contributed by atoms with Crippen LogP contribution < -0.4 is 56.1 Å². The van der Waals surface area contributed by atoms with Crippen molar-refractivity contribution in [2.75, 3.05) is 26.2 Å². The van der Waals surface area contributed by atoms with Gasteiger partial charge in [-0.1, -0.05) is 6.92 Å². The summed E-state index contributed by atoms with van der Waals surface area (Å²) in [5.74, 6) is -1.60. The van der Waals surface area contributed by atoms with E-state index in [0.29, 0.717) is 45.3 Å². The van der Waals surface area contributed by atoms with Crippen molar-refractivity contribution in [3.63, 3.8) is 0 Å². The van der Waals surface area contributed by atoms with Crippen molar-refractivity contribution < 1.29 is 14.4 Å². The van der Waals surface area contributed by atoms with E-state index in [2.05, 4.69) is 30.9 Å². The van der Waals surface area contributed by atoms with Gasteiger partial charge < -0.3 is 56.1 Å². The molecule has 0 saturated heterocycles. The van der Waals surface area contributed by atoms with Crippen LogP contribution in [0.25, 0.3) is 0 Å². The quantitative estimate of drug-likeness (QED) is 0.0440. The minimum absolute atomic E-state index is 0.0497. The molecule has 0 aromatic rings. The number of guanidine groups is 3. The minimum Gasteiger partial charge on any atom is -0.370 e. The van der Waals surface area contributed by atoms with Crippen LogP contribution >= 0.6 is 0 Å². The molecule has 3 atom stereocenters. The zero-order valence-electron chi connectivity index (χ0n) is 21.6. The third-order valence-electron chi connectivity index (χ3n) is 5.01. The van der Waals surface area contributed by atoms with Crippen LogP contribution in [-0.2, 0) is 14.4 Å². The van der Waals surface area contributed by atoms with Crippen molar-refractivity contribution >= 4 is 35.6 Å². The van der Waals surface area contributed by atoms with Crippen molar-refractivity contribution in [1.29, 1.82) is 0 Å². The summed E-state index contributed by atoms with van der Waals surface area (Å²) in [6.45, 7) is 3.23. The van der Waals surface area contributed by atoms with Crippen molar-refractivity contribution in [3.8, 4) is 0 Å². The van der Waals surface area contributed by atoms with E-state index in [-0.39, 0.29) is 43.2 Å². The molecule has 0 spiro atoms. The lowest BCUT2D eigenvalue weighted by molar-refractivity contribution is -0.132. The monoisotopic (exact) mass is 527 g/mol. The van der Waals surface area contributed by atoms with Gasteiger partial charge in [0.05, 0.1) is 6.04 Å². The number of carbonyl (C=O) groups is 3. The van der Waals surface area contributed by atoms with Gasteiger partial charge in [0.25, 0.3) is 0 Å². The molecular weight excluding hydrogens is 482 g/mol. The van der Waals surface area contributed by atoms with Crippen molar-refractivity contribution in [2.24, 2.45) is 55.1 Å². The predicted molar refractivity (Wildman–Crippen MR) is 145 cm³/mol. The first-order valence-electron chi connectivity index (χ1n) is 12.3. The van der Waals surface area contributed by atoms with Crippen LogP contribution in [0, 0.1) is 0 Å². The largest absolute Gasteiger partial charge is 0.370 e. The highest BCUT2D eigenvalue weighted by molar-refractivity contribution is 5.93. The molecule has 37 heavy (non-hydrogen) atoms. The molecule has 0 aromatic heterocycles. The lowest BCUT2D eigenvalue weighted by Gasteiger charge is -2.24. The van der Waals surface area contributed by atoms with E-state index < -0.39 is 29.9 Å². The Hall–Kier alpha value is -3.82. The SMILES string of the molecule is CCCNC(=O)C(CCCN=C(N)N)NC(=O)C(CCCN=C(N)N)NC(=O)C(N)CCCN=C(N)N. The van der Waals surface area contributed by atoms with Gasteiger partial charge in [0.15, 0.2) is 17.9 Å². The Bertz CT molecular complexity index is 789. The number of aliphatic imine (C=N–C) groups is 3. The first-order chi connectivity index (χ1) is 17.5. The molecule has 0 aliphatic heterocycles. The van der Waals surface area contributed by atoms with Crippen LogP contribution in [0.5, 0.6) is 0 Å². The summed E-state index contributed by atoms with van der Waals surface area (Å²) in [6, 6.07) is -2.70. The lowest BCUT2D eigenvalue weighted by atomic mass is 10.1. The molecular formula is C21H45N13O3. The number of rotatable bonds is 19. The van der Waals surface area contributed by atoms with Gasteiger partial charge in [-0.25, -0.2) is 0 Å². The zero-order chi connectivity index (χ0) is 28.2. The average Bonchev–Trinajstić information content (AvgIpc) is 2.83. The van der Waals surface area contributed by atoms with E-state index in [1.165, 1.54) is 0 Å². The summed E-state index contributed by atoms with van der Waals surface area (Å²) < 4.78 is 0. The number of amides is 3. The Morgan fingerprint density at radius 3 is 1.49 bits per heavy atom. The molecule has 16 nitrogen and oxygen atoms in total. The second-order valence-corrected chi connectivity index (χ2v) is 8.37. The van der Waals surface area contributed by atoms with Crippen LogP contribution in [0.15, 0.2) is 15.0 Å². The fourth-order valence-electron chi connectivity index (χ4n) is 3.12. The second kappa shape index (κ2) is 19.4. The summed E-state index contributed by atoms with van der Waals surface area (Å²) in [7, 11) is 0. The fourth-order valence-corrected chi connectivity index (χ4v) is 3.12. The molecule has 16 heteroatoms. The molecule has 212 valence electrons. The molecule has 0 fully saturated rings. The Labute approximate surface area is 217 Å². The topological polar surface area (TPSA) is 307 Å². The molecule has 3 amide bonds. The van der Waals surface area contributed by atoms with Gasteiger partial charge in [-0.05, 0) is 44.9 Å². The van der Waals surface area contributed by atoms with Gasteiger partial charge in [0.2, 0.25) is 17.7 Å². The summed E-state index contributed by atoms with van der Waals surface area (Å²) in [4.78, 5) is 50.1. The average molecular weight is 528 g/mol. The third kappa shape index (κ3) is 17.3. The van der Waals surface area contributed by atoms with E-state index in [9.17, 15) is 14.4 Å². The van der Waals surface area contributed by atoms with E-state index in [0.717, 1.165) is 6.42 Å². The third-order valence-corrected chi connectivity index (χ3v) is 5.01. The minimum atomic E-state index is -0.968. The second-order valence-electron chi connectivity index (χ2n) is 8.37. The molecule has 0 aliphatic carbocycles. The number of carbonyl (C=O) groups excluding carboxylic acids is 3. The van der Waals surface area contributed by atoms with Crippen LogP contribution in [-0.4, -0.2) is 79.9 Å². The van der Waals surface area contributed by atoms with Gasteiger partial charge >= 0.3 is 0 Å². The fraction of sp³-hybridized carbons (Fsp3) is 0.714. The van der Waals surface area contributed by atoms with Crippen LogP contribution in [0.4, 0.5) is 0 Å². The molecule has 0 aromatic carbocycles. The number of nitrogens with two attached hydrogens (primary N) is 7. The highest BCUT2D eigenvalue weighted by Gasteiger charge is 2.27. The maximum atomic E-state index is 13.1. The maximum Gasteiger partial charge on any atom is 0.243 e. The normalized spacial score (nSPS) is 12.8. The van der Waals surface area contributed by atoms with E-state index in [1.807, 2.05) is 6.92 Å². The van der Waals surface area contributed by atoms with E-state index in [4.69, 9.17) is 40.1 Å². The molecule has 17 N–H and O–H groups in total. The highest BCUT2D eigenvalue weighted by Crippen LogP contribution is 2.05. The Morgan fingerprint density at radius 2 is 1.05 bits per heavy atom. The van der Waals surface area contributed by atoms with Gasteiger partial charge in [0.1, 0.15) is 12.1 Å². The number of nitrogens with one attached hydrogen (secondary N) is 3. The molecule has 0 heterocycles.